The van der Waals surface area contributed by atoms with Crippen molar-refractivity contribution in [2.45, 2.75) is 31.3 Å². The highest BCUT2D eigenvalue weighted by atomic mass is 32.2. The van der Waals surface area contributed by atoms with E-state index < -0.39 is 24.3 Å². The summed E-state index contributed by atoms with van der Waals surface area (Å²) >= 11 is 1.48. The van der Waals surface area contributed by atoms with Gasteiger partial charge in [0.25, 0.3) is 0 Å². The number of nitrogens with zero attached hydrogens (tertiary/aromatic N) is 1. The first-order valence-electron chi connectivity index (χ1n) is 6.82. The molecule has 0 spiro atoms. The largest absolute Gasteiger partial charge is 0.480 e. The van der Waals surface area contributed by atoms with Crippen molar-refractivity contribution in [3.63, 3.8) is 0 Å². The Bertz CT molecular complexity index is 546. The van der Waals surface area contributed by atoms with E-state index >= 15 is 0 Å². The van der Waals surface area contributed by atoms with E-state index in [1.54, 1.807) is 0 Å². The standard InChI is InChI=1S/C15H18F3NO3S/c1-10(23-2)7-13(20)19(9-14(21)22)8-11-3-5-12(6-4-11)15(16,17)18/h3-6,10H,7-9H2,1-2H3,(H,21,22). The lowest BCUT2D eigenvalue weighted by Gasteiger charge is -2.22. The van der Waals surface area contributed by atoms with Crippen LogP contribution in [-0.4, -0.2) is 39.9 Å². The minimum absolute atomic E-state index is 0.0337. The van der Waals surface area contributed by atoms with Crippen molar-refractivity contribution in [2.24, 2.45) is 0 Å². The van der Waals surface area contributed by atoms with Crippen LogP contribution in [0.5, 0.6) is 0 Å². The molecule has 0 fully saturated rings. The highest BCUT2D eigenvalue weighted by Gasteiger charge is 2.30. The molecular weight excluding hydrogens is 331 g/mol. The third-order valence-electron chi connectivity index (χ3n) is 3.20. The molecule has 1 aromatic rings. The first-order chi connectivity index (χ1) is 10.6. The molecule has 1 aromatic carbocycles. The fourth-order valence-corrected chi connectivity index (χ4v) is 2.18. The first-order valence-corrected chi connectivity index (χ1v) is 8.10. The Morgan fingerprint density at radius 2 is 1.83 bits per heavy atom. The van der Waals surface area contributed by atoms with Crippen LogP contribution in [0.3, 0.4) is 0 Å². The second-order valence-electron chi connectivity index (χ2n) is 5.09. The van der Waals surface area contributed by atoms with E-state index in [2.05, 4.69) is 0 Å². The fraction of sp³-hybridized carbons (Fsp3) is 0.467. The summed E-state index contributed by atoms with van der Waals surface area (Å²) in [6.07, 6.45) is -2.41. The van der Waals surface area contributed by atoms with Gasteiger partial charge in [0.15, 0.2) is 0 Å². The summed E-state index contributed by atoms with van der Waals surface area (Å²) in [4.78, 5) is 24.2. The summed E-state index contributed by atoms with van der Waals surface area (Å²) in [7, 11) is 0. The molecule has 0 radical (unpaired) electrons. The van der Waals surface area contributed by atoms with E-state index in [-0.39, 0.29) is 24.1 Å². The Hall–Kier alpha value is -1.70. The van der Waals surface area contributed by atoms with E-state index in [4.69, 9.17) is 5.11 Å². The lowest BCUT2D eigenvalue weighted by molar-refractivity contribution is -0.144. The second kappa shape index (κ2) is 8.24. The summed E-state index contributed by atoms with van der Waals surface area (Å²) in [5, 5.41) is 8.94. The number of alkyl halides is 3. The number of carboxylic acids is 1. The summed E-state index contributed by atoms with van der Waals surface area (Å²) in [6, 6.07) is 4.35. The number of carbonyl (C=O) groups is 2. The van der Waals surface area contributed by atoms with Gasteiger partial charge >= 0.3 is 12.1 Å². The molecular formula is C15H18F3NO3S. The minimum atomic E-state index is -4.43. The number of carbonyl (C=O) groups excluding carboxylic acids is 1. The van der Waals surface area contributed by atoms with Crippen LogP contribution in [0, 0.1) is 0 Å². The maximum absolute atomic E-state index is 12.5. The monoisotopic (exact) mass is 349 g/mol. The number of aliphatic carboxylic acids is 1. The van der Waals surface area contributed by atoms with Crippen molar-refractivity contribution in [3.8, 4) is 0 Å². The van der Waals surface area contributed by atoms with Crippen LogP contribution in [0.15, 0.2) is 24.3 Å². The number of hydrogen-bond acceptors (Lipinski definition) is 3. The van der Waals surface area contributed by atoms with E-state index in [1.165, 1.54) is 23.9 Å². The molecule has 1 amide bonds. The number of rotatable bonds is 7. The van der Waals surface area contributed by atoms with Gasteiger partial charge in [-0.25, -0.2) is 0 Å². The van der Waals surface area contributed by atoms with Crippen molar-refractivity contribution in [1.82, 2.24) is 4.90 Å². The molecule has 0 saturated carbocycles. The van der Waals surface area contributed by atoms with Crippen molar-refractivity contribution in [1.29, 1.82) is 0 Å². The van der Waals surface area contributed by atoms with Crippen LogP contribution >= 0.6 is 11.8 Å². The predicted octanol–water partition coefficient (Wildman–Crippen LogP) is 3.26. The maximum atomic E-state index is 12.5. The lowest BCUT2D eigenvalue weighted by atomic mass is 10.1. The molecule has 0 aliphatic rings. The van der Waals surface area contributed by atoms with Crippen LogP contribution < -0.4 is 0 Å². The molecule has 0 aliphatic carbocycles. The van der Waals surface area contributed by atoms with Gasteiger partial charge in [0, 0.05) is 18.2 Å². The molecule has 0 bridgehead atoms. The van der Waals surface area contributed by atoms with Crippen LogP contribution in [0.25, 0.3) is 0 Å². The van der Waals surface area contributed by atoms with Gasteiger partial charge in [-0.05, 0) is 24.0 Å². The van der Waals surface area contributed by atoms with Crippen LogP contribution in [0.1, 0.15) is 24.5 Å². The zero-order valence-electron chi connectivity index (χ0n) is 12.8. The van der Waals surface area contributed by atoms with Gasteiger partial charge in [0.2, 0.25) is 5.91 Å². The van der Waals surface area contributed by atoms with Gasteiger partial charge in [-0.15, -0.1) is 0 Å². The number of benzene rings is 1. The second-order valence-corrected chi connectivity index (χ2v) is 6.36. The van der Waals surface area contributed by atoms with Crippen molar-refractivity contribution in [2.75, 3.05) is 12.8 Å². The lowest BCUT2D eigenvalue weighted by Crippen LogP contribution is -2.36. The minimum Gasteiger partial charge on any atom is -0.480 e. The van der Waals surface area contributed by atoms with Crippen molar-refractivity contribution in [3.05, 3.63) is 35.4 Å². The summed E-state index contributed by atoms with van der Waals surface area (Å²) in [5.41, 5.74) is -0.335. The Balaban J connectivity index is 2.84. The molecule has 23 heavy (non-hydrogen) atoms. The number of thioether (sulfide) groups is 1. The van der Waals surface area contributed by atoms with Gasteiger partial charge in [-0.2, -0.15) is 24.9 Å². The van der Waals surface area contributed by atoms with Gasteiger partial charge in [0.1, 0.15) is 6.54 Å². The Labute approximate surface area is 136 Å². The third kappa shape index (κ3) is 6.52. The highest BCUT2D eigenvalue weighted by molar-refractivity contribution is 7.99. The topological polar surface area (TPSA) is 57.6 Å². The molecule has 0 saturated heterocycles. The number of amides is 1. The van der Waals surface area contributed by atoms with Crippen LogP contribution in [0.4, 0.5) is 13.2 Å². The molecule has 0 aromatic heterocycles. The fourth-order valence-electron chi connectivity index (χ4n) is 1.87. The molecule has 4 nitrogen and oxygen atoms in total. The van der Waals surface area contributed by atoms with Crippen LogP contribution in [0.2, 0.25) is 0 Å². The van der Waals surface area contributed by atoms with Gasteiger partial charge in [-0.1, -0.05) is 19.1 Å². The molecule has 0 heterocycles. The molecule has 1 atom stereocenters. The normalized spacial score (nSPS) is 12.7. The van der Waals surface area contributed by atoms with Crippen molar-refractivity contribution < 1.29 is 27.9 Å². The number of carboxylic acid groups (broad SMARTS) is 1. The van der Waals surface area contributed by atoms with Crippen molar-refractivity contribution >= 4 is 23.6 Å². The van der Waals surface area contributed by atoms with Gasteiger partial charge in [0.05, 0.1) is 5.56 Å². The molecule has 1 rings (SSSR count). The Morgan fingerprint density at radius 1 is 1.26 bits per heavy atom. The highest BCUT2D eigenvalue weighted by Crippen LogP contribution is 2.29. The zero-order chi connectivity index (χ0) is 17.6. The average Bonchev–Trinajstić information content (AvgIpc) is 2.45. The van der Waals surface area contributed by atoms with E-state index in [0.717, 1.165) is 17.0 Å². The van der Waals surface area contributed by atoms with E-state index in [9.17, 15) is 22.8 Å². The molecule has 1 unspecified atom stereocenters. The quantitative estimate of drug-likeness (QED) is 0.821. The predicted molar refractivity (Wildman–Crippen MR) is 82.1 cm³/mol. The Morgan fingerprint density at radius 3 is 2.26 bits per heavy atom. The van der Waals surface area contributed by atoms with Gasteiger partial charge in [-0.3, -0.25) is 9.59 Å². The smallest absolute Gasteiger partial charge is 0.416 e. The number of halogens is 3. The van der Waals surface area contributed by atoms with Gasteiger partial charge < -0.3 is 10.0 Å². The zero-order valence-corrected chi connectivity index (χ0v) is 13.6. The SMILES string of the molecule is CSC(C)CC(=O)N(CC(=O)O)Cc1ccc(C(F)(F)F)cc1. The third-order valence-corrected chi connectivity index (χ3v) is 4.17. The first kappa shape index (κ1) is 19.3. The maximum Gasteiger partial charge on any atom is 0.416 e. The van der Waals surface area contributed by atoms with E-state index in [0.29, 0.717) is 5.56 Å². The molecule has 1 N–H and O–H groups in total. The molecule has 0 aliphatic heterocycles. The van der Waals surface area contributed by atoms with Crippen LogP contribution in [-0.2, 0) is 22.3 Å². The average molecular weight is 349 g/mol. The number of hydrogen-bond donors (Lipinski definition) is 1. The summed E-state index contributed by atoms with van der Waals surface area (Å²) in [5.74, 6) is -1.50. The Kier molecular flexibility index (Phi) is 6.93. The molecule has 128 valence electrons. The van der Waals surface area contributed by atoms with E-state index in [1.807, 2.05) is 13.2 Å². The molecule has 8 heteroatoms. The summed E-state index contributed by atoms with van der Waals surface area (Å²) in [6.45, 7) is 1.32. The summed E-state index contributed by atoms with van der Waals surface area (Å²) < 4.78 is 37.6.